The van der Waals surface area contributed by atoms with E-state index in [-0.39, 0.29) is 28.3 Å². The Hall–Kier alpha value is -1.13. The molecule has 34 heavy (non-hydrogen) atoms. The Morgan fingerprint density at radius 2 is 1.65 bits per heavy atom. The number of ether oxygens (including phenoxy) is 1. The molecule has 0 heterocycles. The maximum absolute atomic E-state index is 12.4. The standard InChI is InChI=1S/C29H49NO4/c1-18(2)8-7-9-19(3)23-10-11-24-22-17-27(30(32)33)26-16-21(34-20(4)31)12-14-29(26,6)25(22)13-15-28(23,24)5/h18-19,21-27H,7-17H2,1-6H3/t19-,21-,22+,23-,24+,25+,26-,27-,28-,29-/m1/s1. The molecule has 0 radical (unpaired) electrons. The zero-order valence-corrected chi connectivity index (χ0v) is 22.6. The van der Waals surface area contributed by atoms with Gasteiger partial charge in [-0.1, -0.05) is 53.9 Å². The summed E-state index contributed by atoms with van der Waals surface area (Å²) in [4.78, 5) is 24.0. The van der Waals surface area contributed by atoms with Gasteiger partial charge in [0.15, 0.2) is 0 Å². The molecule has 0 amide bonds. The van der Waals surface area contributed by atoms with Gasteiger partial charge < -0.3 is 4.74 Å². The van der Waals surface area contributed by atoms with Gasteiger partial charge in [0.1, 0.15) is 6.10 Å². The largest absolute Gasteiger partial charge is 0.463 e. The van der Waals surface area contributed by atoms with Crippen molar-refractivity contribution in [1.29, 1.82) is 0 Å². The zero-order chi connectivity index (χ0) is 24.8. The zero-order valence-electron chi connectivity index (χ0n) is 22.6. The predicted octanol–water partition coefficient (Wildman–Crippen LogP) is 7.29. The molecule has 4 aliphatic carbocycles. The quantitative estimate of drug-likeness (QED) is 0.220. The minimum absolute atomic E-state index is 0.000397. The van der Waals surface area contributed by atoms with E-state index < -0.39 is 6.04 Å². The third-order valence-electron chi connectivity index (χ3n) is 11.4. The van der Waals surface area contributed by atoms with Crippen molar-refractivity contribution in [3.05, 3.63) is 10.1 Å². The summed E-state index contributed by atoms with van der Waals surface area (Å²) in [7, 11) is 0. The monoisotopic (exact) mass is 475 g/mol. The lowest BCUT2D eigenvalue weighted by Gasteiger charge is -2.61. The van der Waals surface area contributed by atoms with Crippen LogP contribution in [0.1, 0.15) is 112 Å². The predicted molar refractivity (Wildman–Crippen MR) is 135 cm³/mol. The molecule has 5 nitrogen and oxygen atoms in total. The molecular weight excluding hydrogens is 426 g/mol. The molecule has 0 N–H and O–H groups in total. The fraction of sp³-hybridized carbons (Fsp3) is 0.966. The van der Waals surface area contributed by atoms with Crippen LogP contribution in [0.15, 0.2) is 0 Å². The van der Waals surface area contributed by atoms with Crippen LogP contribution in [-0.4, -0.2) is 23.0 Å². The summed E-state index contributed by atoms with van der Waals surface area (Å²) in [5.74, 6) is 3.77. The van der Waals surface area contributed by atoms with Crippen LogP contribution in [0.4, 0.5) is 0 Å². The van der Waals surface area contributed by atoms with E-state index in [4.69, 9.17) is 4.74 Å². The van der Waals surface area contributed by atoms with Crippen molar-refractivity contribution in [1.82, 2.24) is 0 Å². The van der Waals surface area contributed by atoms with Crippen LogP contribution in [0.3, 0.4) is 0 Å². The molecule has 0 aromatic carbocycles. The smallest absolute Gasteiger partial charge is 0.302 e. The number of nitro groups is 1. The topological polar surface area (TPSA) is 69.4 Å². The van der Waals surface area contributed by atoms with Gasteiger partial charge in [-0.15, -0.1) is 0 Å². The summed E-state index contributed by atoms with van der Waals surface area (Å²) in [6.45, 7) is 13.5. The molecule has 0 unspecified atom stereocenters. The normalized spacial score (nSPS) is 44.6. The van der Waals surface area contributed by atoms with E-state index in [9.17, 15) is 14.9 Å². The van der Waals surface area contributed by atoms with Crippen molar-refractivity contribution in [2.45, 2.75) is 124 Å². The Balaban J connectivity index is 1.54. The van der Waals surface area contributed by atoms with Gasteiger partial charge in [0.05, 0.1) is 0 Å². The summed E-state index contributed by atoms with van der Waals surface area (Å²) < 4.78 is 5.56. The molecule has 0 spiro atoms. The van der Waals surface area contributed by atoms with E-state index in [1.165, 1.54) is 51.9 Å². The van der Waals surface area contributed by atoms with E-state index in [2.05, 4.69) is 34.6 Å². The number of rotatable bonds is 7. The van der Waals surface area contributed by atoms with Crippen molar-refractivity contribution in [3.8, 4) is 0 Å². The highest BCUT2D eigenvalue weighted by molar-refractivity contribution is 5.66. The average molecular weight is 476 g/mol. The maximum Gasteiger partial charge on any atom is 0.302 e. The third-order valence-corrected chi connectivity index (χ3v) is 11.4. The Kier molecular flexibility index (Phi) is 7.43. The first-order valence-corrected chi connectivity index (χ1v) is 14.3. The lowest BCUT2D eigenvalue weighted by Crippen LogP contribution is -2.60. The summed E-state index contributed by atoms with van der Waals surface area (Å²) in [5, 5.41) is 12.4. The summed E-state index contributed by atoms with van der Waals surface area (Å²) >= 11 is 0. The molecular formula is C29H49NO4. The summed E-state index contributed by atoms with van der Waals surface area (Å²) in [5.41, 5.74) is 0.345. The molecule has 0 aromatic heterocycles. The Bertz CT molecular complexity index is 767. The van der Waals surface area contributed by atoms with Crippen LogP contribution < -0.4 is 0 Å². The molecule has 0 aromatic rings. The van der Waals surface area contributed by atoms with Gasteiger partial charge in [0, 0.05) is 24.2 Å². The first kappa shape index (κ1) is 25.9. The number of carbonyl (C=O) groups excluding carboxylic acids is 1. The molecule has 0 aliphatic heterocycles. The Morgan fingerprint density at radius 1 is 0.971 bits per heavy atom. The third kappa shape index (κ3) is 4.54. The van der Waals surface area contributed by atoms with Crippen LogP contribution in [-0.2, 0) is 9.53 Å². The fourth-order valence-electron chi connectivity index (χ4n) is 9.86. The highest BCUT2D eigenvalue weighted by Crippen LogP contribution is 2.68. The fourth-order valence-corrected chi connectivity index (χ4v) is 9.86. The van der Waals surface area contributed by atoms with Gasteiger partial charge in [-0.25, -0.2) is 0 Å². The minimum Gasteiger partial charge on any atom is -0.463 e. The van der Waals surface area contributed by atoms with E-state index in [1.807, 2.05) is 0 Å². The van der Waals surface area contributed by atoms with E-state index in [1.54, 1.807) is 0 Å². The van der Waals surface area contributed by atoms with Gasteiger partial charge in [0.2, 0.25) is 6.04 Å². The van der Waals surface area contributed by atoms with Crippen molar-refractivity contribution in [3.63, 3.8) is 0 Å². The van der Waals surface area contributed by atoms with Gasteiger partial charge in [-0.05, 0) is 91.3 Å². The second kappa shape index (κ2) is 9.73. The number of esters is 1. The summed E-state index contributed by atoms with van der Waals surface area (Å²) in [6, 6.07) is -0.491. The van der Waals surface area contributed by atoms with Crippen LogP contribution in [0.25, 0.3) is 0 Å². The van der Waals surface area contributed by atoms with E-state index in [0.717, 1.165) is 37.0 Å². The van der Waals surface area contributed by atoms with Crippen LogP contribution in [0.2, 0.25) is 0 Å². The number of hydrogen-bond donors (Lipinski definition) is 0. The van der Waals surface area contributed by atoms with Crippen LogP contribution >= 0.6 is 0 Å². The van der Waals surface area contributed by atoms with Crippen LogP contribution in [0.5, 0.6) is 0 Å². The number of fused-ring (bicyclic) bond motifs is 5. The lowest BCUT2D eigenvalue weighted by atomic mass is 9.43. The van der Waals surface area contributed by atoms with E-state index in [0.29, 0.717) is 29.6 Å². The van der Waals surface area contributed by atoms with Gasteiger partial charge in [-0.2, -0.15) is 0 Å². The van der Waals surface area contributed by atoms with E-state index >= 15 is 0 Å². The average Bonchev–Trinajstić information content (AvgIpc) is 3.10. The van der Waals surface area contributed by atoms with Gasteiger partial charge in [0.25, 0.3) is 0 Å². The molecule has 0 saturated heterocycles. The van der Waals surface area contributed by atoms with Crippen molar-refractivity contribution >= 4 is 5.97 Å². The molecule has 0 bridgehead atoms. The Morgan fingerprint density at radius 3 is 2.29 bits per heavy atom. The molecule has 4 saturated carbocycles. The molecule has 194 valence electrons. The first-order valence-electron chi connectivity index (χ1n) is 14.3. The van der Waals surface area contributed by atoms with Gasteiger partial charge in [-0.3, -0.25) is 14.9 Å². The van der Waals surface area contributed by atoms with Crippen molar-refractivity contribution in [2.75, 3.05) is 0 Å². The molecule has 5 heteroatoms. The van der Waals surface area contributed by atoms with Gasteiger partial charge >= 0.3 is 5.97 Å². The number of nitrogens with zero attached hydrogens (tertiary/aromatic N) is 1. The highest BCUT2D eigenvalue weighted by atomic mass is 16.6. The van der Waals surface area contributed by atoms with Crippen molar-refractivity contribution < 1.29 is 14.5 Å². The number of hydrogen-bond acceptors (Lipinski definition) is 4. The maximum atomic E-state index is 12.4. The highest BCUT2D eigenvalue weighted by Gasteiger charge is 2.65. The van der Waals surface area contributed by atoms with Crippen LogP contribution in [0, 0.1) is 62.4 Å². The molecule has 4 rings (SSSR count). The second-order valence-electron chi connectivity index (χ2n) is 13.6. The molecule has 4 fully saturated rings. The van der Waals surface area contributed by atoms with Crippen molar-refractivity contribution in [2.24, 2.45) is 52.3 Å². The SMILES string of the molecule is CC(=O)O[C@@H]1CC[C@@]2(C)[C@H](C1)[C@H]([N+](=O)[O-])C[C@@H]1[C@@H]2CC[C@]2(C)[C@@H]([C@H](C)CCCC(C)C)CC[C@@H]12. The number of carbonyl (C=O) groups is 1. The summed E-state index contributed by atoms with van der Waals surface area (Å²) in [6.07, 6.45) is 12.1. The molecule has 10 atom stereocenters. The Labute approximate surface area is 207 Å². The molecule has 4 aliphatic rings. The minimum atomic E-state index is -0.491. The first-order chi connectivity index (χ1) is 16.0. The lowest BCUT2D eigenvalue weighted by molar-refractivity contribution is -0.547. The second-order valence-corrected chi connectivity index (χ2v) is 13.6.